The lowest BCUT2D eigenvalue weighted by Crippen LogP contribution is -2.24. The quantitative estimate of drug-likeness (QED) is 0.684. The highest BCUT2D eigenvalue weighted by Gasteiger charge is 2.19. The molecule has 6 nitrogen and oxygen atoms in total. The Balaban J connectivity index is 1.80. The van der Waals surface area contributed by atoms with Gasteiger partial charge in [0, 0.05) is 13.1 Å². The number of hydrogen-bond donors (Lipinski definition) is 0. The number of benzene rings is 1. The standard InChI is InChI=1S/C17H25N3O3S/c1-2-3-6-12-24(21,22)20-16-8-7-9-17(15(16)13-18-20)23-14-19-10-4-5-11-19/h7-9,13H,2-6,10-12,14H2,1H3. The first-order chi connectivity index (χ1) is 11.6. The second kappa shape index (κ2) is 7.53. The van der Waals surface area contributed by atoms with Crippen molar-refractivity contribution in [3.05, 3.63) is 24.4 Å². The van der Waals surface area contributed by atoms with Gasteiger partial charge >= 0.3 is 0 Å². The number of fused-ring (bicyclic) bond motifs is 1. The molecule has 0 bridgehead atoms. The van der Waals surface area contributed by atoms with Crippen LogP contribution >= 0.6 is 0 Å². The average Bonchev–Trinajstić information content (AvgIpc) is 3.22. The van der Waals surface area contributed by atoms with Gasteiger partial charge in [0.25, 0.3) is 10.0 Å². The molecule has 0 aliphatic carbocycles. The van der Waals surface area contributed by atoms with Crippen LogP contribution in [0.1, 0.15) is 39.0 Å². The molecule has 24 heavy (non-hydrogen) atoms. The average molecular weight is 351 g/mol. The van der Waals surface area contributed by atoms with E-state index in [1.165, 1.54) is 12.8 Å². The number of unbranched alkanes of at least 4 members (excludes halogenated alkanes) is 2. The van der Waals surface area contributed by atoms with Crippen LogP contribution in [-0.4, -0.2) is 48.1 Å². The van der Waals surface area contributed by atoms with Crippen molar-refractivity contribution in [2.75, 3.05) is 25.6 Å². The topological polar surface area (TPSA) is 64.4 Å². The summed E-state index contributed by atoms with van der Waals surface area (Å²) in [6, 6.07) is 5.47. The van der Waals surface area contributed by atoms with E-state index in [1.807, 2.05) is 12.1 Å². The third-order valence-electron chi connectivity index (χ3n) is 4.41. The predicted octanol–water partition coefficient (Wildman–Crippen LogP) is 2.84. The number of hydrogen-bond acceptors (Lipinski definition) is 5. The minimum Gasteiger partial charge on any atom is -0.477 e. The Morgan fingerprint density at radius 2 is 2.00 bits per heavy atom. The van der Waals surface area contributed by atoms with Crippen molar-refractivity contribution in [2.45, 2.75) is 39.0 Å². The van der Waals surface area contributed by atoms with Gasteiger partial charge in [-0.25, -0.2) is 8.42 Å². The van der Waals surface area contributed by atoms with Crippen LogP contribution in [0.4, 0.5) is 0 Å². The number of nitrogens with zero attached hydrogens (tertiary/aromatic N) is 3. The van der Waals surface area contributed by atoms with Crippen molar-refractivity contribution in [1.29, 1.82) is 0 Å². The van der Waals surface area contributed by atoms with Crippen molar-refractivity contribution in [3.8, 4) is 5.75 Å². The van der Waals surface area contributed by atoms with Gasteiger partial charge in [-0.3, -0.25) is 4.90 Å². The molecular weight excluding hydrogens is 326 g/mol. The molecule has 0 unspecified atom stereocenters. The number of ether oxygens (including phenoxy) is 1. The summed E-state index contributed by atoms with van der Waals surface area (Å²) in [7, 11) is -3.42. The van der Waals surface area contributed by atoms with E-state index < -0.39 is 10.0 Å². The first-order valence-corrected chi connectivity index (χ1v) is 10.3. The molecule has 0 amide bonds. The lowest BCUT2D eigenvalue weighted by molar-refractivity contribution is 0.154. The maximum absolute atomic E-state index is 12.5. The van der Waals surface area contributed by atoms with Crippen LogP contribution in [0.2, 0.25) is 0 Å². The van der Waals surface area contributed by atoms with E-state index in [4.69, 9.17) is 4.74 Å². The van der Waals surface area contributed by atoms with Crippen molar-refractivity contribution in [2.24, 2.45) is 0 Å². The summed E-state index contributed by atoms with van der Waals surface area (Å²) in [6.07, 6.45) is 6.56. The maximum atomic E-state index is 12.5. The van der Waals surface area contributed by atoms with E-state index in [2.05, 4.69) is 16.9 Å². The summed E-state index contributed by atoms with van der Waals surface area (Å²) in [5.74, 6) is 0.811. The number of likely N-dealkylation sites (tertiary alicyclic amines) is 1. The largest absolute Gasteiger partial charge is 0.477 e. The van der Waals surface area contributed by atoms with Crippen LogP contribution < -0.4 is 4.74 Å². The van der Waals surface area contributed by atoms with Crippen LogP contribution in [0.25, 0.3) is 10.9 Å². The summed E-state index contributed by atoms with van der Waals surface area (Å²) in [6.45, 7) is 4.70. The molecule has 1 aliphatic heterocycles. The van der Waals surface area contributed by atoms with Gasteiger partial charge in [-0.2, -0.15) is 9.19 Å². The van der Waals surface area contributed by atoms with Crippen molar-refractivity contribution < 1.29 is 13.2 Å². The highest BCUT2D eigenvalue weighted by Crippen LogP contribution is 2.27. The van der Waals surface area contributed by atoms with Gasteiger partial charge < -0.3 is 4.74 Å². The number of aromatic nitrogens is 2. The summed E-state index contributed by atoms with van der Waals surface area (Å²) >= 11 is 0. The highest BCUT2D eigenvalue weighted by molar-refractivity contribution is 7.89. The third-order valence-corrected chi connectivity index (χ3v) is 6.03. The molecule has 0 saturated carbocycles. The van der Waals surface area contributed by atoms with E-state index in [0.29, 0.717) is 24.4 Å². The SMILES string of the molecule is CCCCCS(=O)(=O)n1ncc2c(OCN3CCCC3)cccc21. The van der Waals surface area contributed by atoms with Gasteiger partial charge in [0.15, 0.2) is 0 Å². The zero-order chi connectivity index (χ0) is 17.0. The van der Waals surface area contributed by atoms with E-state index in [1.54, 1.807) is 12.3 Å². The first-order valence-electron chi connectivity index (χ1n) is 8.67. The fourth-order valence-corrected chi connectivity index (χ4v) is 4.43. The van der Waals surface area contributed by atoms with Crippen molar-refractivity contribution in [1.82, 2.24) is 14.1 Å². The summed E-state index contributed by atoms with van der Waals surface area (Å²) in [5, 5.41) is 4.87. The third kappa shape index (κ3) is 3.72. The molecule has 1 aromatic carbocycles. The predicted molar refractivity (Wildman–Crippen MR) is 94.7 cm³/mol. The molecule has 0 radical (unpaired) electrons. The Kier molecular flexibility index (Phi) is 5.40. The lowest BCUT2D eigenvalue weighted by Gasteiger charge is -2.16. The Morgan fingerprint density at radius 1 is 1.21 bits per heavy atom. The molecule has 2 aromatic rings. The zero-order valence-corrected chi connectivity index (χ0v) is 15.0. The van der Waals surface area contributed by atoms with Crippen LogP contribution in [-0.2, 0) is 10.0 Å². The summed E-state index contributed by atoms with van der Waals surface area (Å²) in [5.41, 5.74) is 0.588. The highest BCUT2D eigenvalue weighted by atomic mass is 32.2. The maximum Gasteiger partial charge on any atom is 0.254 e. The first kappa shape index (κ1) is 17.2. The fourth-order valence-electron chi connectivity index (χ4n) is 3.04. The molecule has 1 aliphatic rings. The van der Waals surface area contributed by atoms with Crippen LogP contribution in [0.5, 0.6) is 5.75 Å². The van der Waals surface area contributed by atoms with Crippen LogP contribution in [0.15, 0.2) is 24.4 Å². The van der Waals surface area contributed by atoms with Crippen LogP contribution in [0.3, 0.4) is 0 Å². The minimum absolute atomic E-state index is 0.122. The fraction of sp³-hybridized carbons (Fsp3) is 0.588. The van der Waals surface area contributed by atoms with Crippen LogP contribution in [0, 0.1) is 0 Å². The number of rotatable bonds is 8. The lowest BCUT2D eigenvalue weighted by atomic mass is 10.2. The minimum atomic E-state index is -3.42. The molecule has 0 N–H and O–H groups in total. The van der Waals surface area contributed by atoms with Gasteiger partial charge in [-0.05, 0) is 31.4 Å². The van der Waals surface area contributed by atoms with Gasteiger partial charge in [0.2, 0.25) is 0 Å². The molecule has 1 saturated heterocycles. The Morgan fingerprint density at radius 3 is 2.75 bits per heavy atom. The summed E-state index contributed by atoms with van der Waals surface area (Å²) < 4.78 is 32.1. The second-order valence-electron chi connectivity index (χ2n) is 6.30. The van der Waals surface area contributed by atoms with E-state index in [0.717, 1.165) is 35.4 Å². The zero-order valence-electron chi connectivity index (χ0n) is 14.1. The van der Waals surface area contributed by atoms with E-state index in [-0.39, 0.29) is 5.75 Å². The summed E-state index contributed by atoms with van der Waals surface area (Å²) in [4.78, 5) is 2.25. The Bertz CT molecular complexity index is 779. The molecular formula is C17H25N3O3S. The molecule has 2 heterocycles. The normalized spacial score (nSPS) is 16.0. The molecule has 1 fully saturated rings. The van der Waals surface area contributed by atoms with Gasteiger partial charge in [0.1, 0.15) is 12.5 Å². The monoisotopic (exact) mass is 351 g/mol. The molecule has 3 rings (SSSR count). The molecule has 132 valence electrons. The molecule has 7 heteroatoms. The van der Waals surface area contributed by atoms with Crippen molar-refractivity contribution >= 4 is 20.9 Å². The van der Waals surface area contributed by atoms with Gasteiger partial charge in [-0.1, -0.05) is 25.8 Å². The Hall–Kier alpha value is -1.60. The molecule has 1 aromatic heterocycles. The van der Waals surface area contributed by atoms with E-state index >= 15 is 0 Å². The molecule has 0 spiro atoms. The van der Waals surface area contributed by atoms with E-state index in [9.17, 15) is 8.42 Å². The van der Waals surface area contributed by atoms with Crippen molar-refractivity contribution in [3.63, 3.8) is 0 Å². The second-order valence-corrected chi connectivity index (χ2v) is 8.22. The molecule has 0 atom stereocenters. The smallest absolute Gasteiger partial charge is 0.254 e. The van der Waals surface area contributed by atoms with Gasteiger partial charge in [0.05, 0.1) is 22.9 Å². The Labute approximate surface area is 143 Å². The van der Waals surface area contributed by atoms with Gasteiger partial charge in [-0.15, -0.1) is 0 Å².